The molecule has 0 saturated heterocycles. The van der Waals surface area contributed by atoms with Crippen molar-refractivity contribution in [3.8, 4) is 11.5 Å². The van der Waals surface area contributed by atoms with Crippen LogP contribution in [0.15, 0.2) is 47.1 Å². The molecule has 1 heterocycles. The highest BCUT2D eigenvalue weighted by atomic mass is 79.9. The number of hydrogen-bond donors (Lipinski definition) is 1. The molecule has 0 unspecified atom stereocenters. The Morgan fingerprint density at radius 2 is 2.04 bits per heavy atom. The second-order valence-electron chi connectivity index (χ2n) is 5.63. The van der Waals surface area contributed by atoms with Gasteiger partial charge in [0.1, 0.15) is 5.75 Å². The number of fused-ring (bicyclic) bond motifs is 1. The predicted molar refractivity (Wildman–Crippen MR) is 101 cm³/mol. The molecule has 23 heavy (non-hydrogen) atoms. The summed E-state index contributed by atoms with van der Waals surface area (Å²) >= 11 is 9.72. The van der Waals surface area contributed by atoms with Crippen molar-refractivity contribution in [2.45, 2.75) is 32.6 Å². The van der Waals surface area contributed by atoms with Gasteiger partial charge in [0.15, 0.2) is 5.75 Å². The van der Waals surface area contributed by atoms with E-state index < -0.39 is 0 Å². The van der Waals surface area contributed by atoms with E-state index in [9.17, 15) is 0 Å². The Bertz CT molecular complexity index is 792. The molecule has 2 aromatic carbocycles. The minimum atomic E-state index is 0.594. The molecule has 0 fully saturated rings. The third-order valence-corrected chi connectivity index (χ3v) is 4.85. The van der Waals surface area contributed by atoms with Crippen molar-refractivity contribution in [1.82, 2.24) is 4.98 Å². The Balaban J connectivity index is 1.88. The Hall–Kier alpha value is -1.45. The second-order valence-corrected chi connectivity index (χ2v) is 6.89. The topological polar surface area (TPSA) is 25.0 Å². The van der Waals surface area contributed by atoms with Crippen LogP contribution in [0.5, 0.6) is 11.5 Å². The van der Waals surface area contributed by atoms with Gasteiger partial charge in [-0.3, -0.25) is 0 Å². The molecule has 0 aliphatic rings. The van der Waals surface area contributed by atoms with Crippen molar-refractivity contribution in [3.63, 3.8) is 0 Å². The summed E-state index contributed by atoms with van der Waals surface area (Å²) in [5, 5.41) is 1.82. The molecule has 0 saturated carbocycles. The molecule has 0 aliphatic heterocycles. The van der Waals surface area contributed by atoms with E-state index in [0.29, 0.717) is 10.8 Å². The summed E-state index contributed by atoms with van der Waals surface area (Å²) in [6.45, 7) is 2.22. The van der Waals surface area contributed by atoms with Gasteiger partial charge in [-0.1, -0.05) is 37.4 Å². The summed E-state index contributed by atoms with van der Waals surface area (Å²) in [5.41, 5.74) is 2.49. The summed E-state index contributed by atoms with van der Waals surface area (Å²) in [4.78, 5) is 3.34. The molecular formula is C19H19BrClNO. The zero-order valence-corrected chi connectivity index (χ0v) is 15.4. The van der Waals surface area contributed by atoms with Gasteiger partial charge in [-0.05, 0) is 64.7 Å². The Kier molecular flexibility index (Phi) is 5.29. The molecule has 0 radical (unpaired) electrons. The lowest BCUT2D eigenvalue weighted by Crippen LogP contribution is -1.88. The number of benzene rings is 2. The quantitative estimate of drug-likeness (QED) is 0.444. The number of ether oxygens (including phenoxy) is 1. The Morgan fingerprint density at radius 3 is 2.83 bits per heavy atom. The molecule has 0 aliphatic carbocycles. The fraction of sp³-hybridized carbons (Fsp3) is 0.263. The van der Waals surface area contributed by atoms with Crippen molar-refractivity contribution >= 4 is 38.4 Å². The van der Waals surface area contributed by atoms with Crippen LogP contribution in [0.1, 0.15) is 31.7 Å². The SMILES string of the molecule is CCCCCc1c[nH]c2ccc(Oc3c(Cl)cccc3Br)cc12. The molecular weight excluding hydrogens is 374 g/mol. The van der Waals surface area contributed by atoms with Crippen LogP contribution in [0, 0.1) is 0 Å². The first kappa shape index (κ1) is 16.4. The second kappa shape index (κ2) is 7.41. The zero-order chi connectivity index (χ0) is 16.2. The number of rotatable bonds is 6. The lowest BCUT2D eigenvalue weighted by atomic mass is 10.1. The molecule has 0 atom stereocenters. The largest absolute Gasteiger partial charge is 0.455 e. The van der Waals surface area contributed by atoms with Crippen molar-refractivity contribution in [2.75, 3.05) is 0 Å². The summed E-state index contributed by atoms with van der Waals surface area (Å²) in [5.74, 6) is 1.44. The number of hydrogen-bond acceptors (Lipinski definition) is 1. The number of aryl methyl sites for hydroxylation is 1. The highest BCUT2D eigenvalue weighted by Crippen LogP contribution is 2.37. The third kappa shape index (κ3) is 3.73. The smallest absolute Gasteiger partial charge is 0.160 e. The summed E-state index contributed by atoms with van der Waals surface area (Å²) in [6, 6.07) is 11.7. The van der Waals surface area contributed by atoms with E-state index in [0.717, 1.165) is 22.2 Å². The maximum atomic E-state index is 6.23. The number of aromatic amines is 1. The number of H-pyrrole nitrogens is 1. The van der Waals surface area contributed by atoms with Gasteiger partial charge >= 0.3 is 0 Å². The highest BCUT2D eigenvalue weighted by molar-refractivity contribution is 9.10. The zero-order valence-electron chi connectivity index (χ0n) is 13.0. The van der Waals surface area contributed by atoms with Gasteiger partial charge in [0.25, 0.3) is 0 Å². The van der Waals surface area contributed by atoms with E-state index >= 15 is 0 Å². The maximum Gasteiger partial charge on any atom is 0.160 e. The van der Waals surface area contributed by atoms with Crippen LogP contribution >= 0.6 is 27.5 Å². The van der Waals surface area contributed by atoms with Crippen molar-refractivity contribution < 1.29 is 4.74 Å². The van der Waals surface area contributed by atoms with E-state index in [1.807, 2.05) is 24.3 Å². The van der Waals surface area contributed by atoms with Gasteiger partial charge < -0.3 is 9.72 Å². The van der Waals surface area contributed by atoms with Crippen LogP contribution in [0.3, 0.4) is 0 Å². The third-order valence-electron chi connectivity index (χ3n) is 3.93. The molecule has 4 heteroatoms. The average molecular weight is 393 g/mol. The monoisotopic (exact) mass is 391 g/mol. The maximum absolute atomic E-state index is 6.23. The van der Waals surface area contributed by atoms with Crippen LogP contribution in [-0.4, -0.2) is 4.98 Å². The first-order chi connectivity index (χ1) is 11.2. The molecule has 120 valence electrons. The van der Waals surface area contributed by atoms with Crippen LogP contribution in [0.4, 0.5) is 0 Å². The summed E-state index contributed by atoms with van der Waals surface area (Å²) in [7, 11) is 0. The minimum absolute atomic E-state index is 0.594. The molecule has 3 rings (SSSR count). The van der Waals surface area contributed by atoms with Gasteiger partial charge in [-0.25, -0.2) is 0 Å². The Labute approximate surface area is 149 Å². The van der Waals surface area contributed by atoms with E-state index in [2.05, 4.69) is 46.2 Å². The first-order valence-corrected chi connectivity index (χ1v) is 9.08. The van der Waals surface area contributed by atoms with Gasteiger partial charge in [-0.2, -0.15) is 0 Å². The van der Waals surface area contributed by atoms with Crippen molar-refractivity contribution in [1.29, 1.82) is 0 Å². The Morgan fingerprint density at radius 1 is 1.17 bits per heavy atom. The fourth-order valence-corrected chi connectivity index (χ4v) is 3.47. The van der Waals surface area contributed by atoms with Crippen molar-refractivity contribution in [3.05, 3.63) is 57.7 Å². The molecule has 3 aromatic rings. The van der Waals surface area contributed by atoms with Gasteiger partial charge in [0.2, 0.25) is 0 Å². The molecule has 1 aromatic heterocycles. The number of aromatic nitrogens is 1. The number of halogens is 2. The van der Waals surface area contributed by atoms with Gasteiger partial charge in [0, 0.05) is 17.1 Å². The molecule has 0 amide bonds. The van der Waals surface area contributed by atoms with Crippen LogP contribution in [-0.2, 0) is 6.42 Å². The first-order valence-electron chi connectivity index (χ1n) is 7.91. The van der Waals surface area contributed by atoms with E-state index in [1.54, 1.807) is 0 Å². The molecule has 0 spiro atoms. The molecule has 2 nitrogen and oxygen atoms in total. The number of unbranched alkanes of at least 4 members (excludes halogenated alkanes) is 2. The van der Waals surface area contributed by atoms with Crippen LogP contribution in [0.25, 0.3) is 10.9 Å². The lowest BCUT2D eigenvalue weighted by molar-refractivity contribution is 0.480. The lowest BCUT2D eigenvalue weighted by Gasteiger charge is -2.10. The minimum Gasteiger partial charge on any atom is -0.455 e. The summed E-state index contributed by atoms with van der Waals surface area (Å²) in [6.07, 6.45) is 6.90. The standard InChI is InChI=1S/C19H19BrClNO/c1-2-3-4-6-13-12-22-18-10-9-14(11-15(13)18)23-19-16(20)7-5-8-17(19)21/h5,7-12,22H,2-4,6H2,1H3. The van der Waals surface area contributed by atoms with E-state index in [4.69, 9.17) is 16.3 Å². The summed E-state index contributed by atoms with van der Waals surface area (Å²) < 4.78 is 6.85. The fourth-order valence-electron chi connectivity index (χ4n) is 2.69. The van der Waals surface area contributed by atoms with Crippen LogP contribution < -0.4 is 4.74 Å². The average Bonchev–Trinajstić information content (AvgIpc) is 2.94. The number of para-hydroxylation sites is 1. The normalized spacial score (nSPS) is 11.1. The molecule has 1 N–H and O–H groups in total. The van der Waals surface area contributed by atoms with Gasteiger partial charge in [0.05, 0.1) is 9.50 Å². The van der Waals surface area contributed by atoms with E-state index in [1.165, 1.54) is 30.2 Å². The highest BCUT2D eigenvalue weighted by Gasteiger charge is 2.10. The molecule has 0 bridgehead atoms. The van der Waals surface area contributed by atoms with E-state index in [-0.39, 0.29) is 0 Å². The van der Waals surface area contributed by atoms with Gasteiger partial charge in [-0.15, -0.1) is 0 Å². The predicted octanol–water partition coefficient (Wildman–Crippen LogP) is 7.11. The number of nitrogens with one attached hydrogen (secondary N) is 1. The van der Waals surface area contributed by atoms with Crippen LogP contribution in [0.2, 0.25) is 5.02 Å². The van der Waals surface area contributed by atoms with Crippen molar-refractivity contribution in [2.24, 2.45) is 0 Å².